The maximum atomic E-state index is 16.9. The average Bonchev–Trinajstić information content (AvgIpc) is 3.73. The number of amides is 1. The molecule has 2 atom stereocenters. The monoisotopic (exact) mass is 706 g/mol. The third-order valence-electron chi connectivity index (χ3n) is 8.94. The van der Waals surface area contributed by atoms with Crippen molar-refractivity contribution in [2.45, 2.75) is 63.8 Å². The minimum absolute atomic E-state index is 0.00678. The fourth-order valence-electron chi connectivity index (χ4n) is 6.91. The van der Waals surface area contributed by atoms with Gasteiger partial charge in [-0.25, -0.2) is 22.6 Å². The molecule has 0 unspecified atom stereocenters. The molecule has 4 aromatic rings. The van der Waals surface area contributed by atoms with Crippen molar-refractivity contribution in [3.63, 3.8) is 0 Å². The first-order chi connectivity index (χ1) is 23.9. The van der Waals surface area contributed by atoms with Gasteiger partial charge in [0.15, 0.2) is 22.9 Å². The van der Waals surface area contributed by atoms with Crippen LogP contribution in [0.25, 0.3) is 11.1 Å². The summed E-state index contributed by atoms with van der Waals surface area (Å²) in [4.78, 5) is 28.1. The Morgan fingerprint density at radius 2 is 1.88 bits per heavy atom. The lowest BCUT2D eigenvalue weighted by Gasteiger charge is -2.40. The van der Waals surface area contributed by atoms with Gasteiger partial charge in [0.05, 0.1) is 29.4 Å². The summed E-state index contributed by atoms with van der Waals surface area (Å²) in [7, 11) is 0. The number of fused-ring (bicyclic) bond motifs is 3. The molecule has 7 rings (SSSR count). The van der Waals surface area contributed by atoms with Crippen molar-refractivity contribution in [3.05, 3.63) is 92.4 Å². The molecule has 0 aliphatic carbocycles. The van der Waals surface area contributed by atoms with Gasteiger partial charge in [-0.1, -0.05) is 41.9 Å². The fourth-order valence-corrected chi connectivity index (χ4v) is 7.17. The smallest absolute Gasteiger partial charge is 0.410 e. The number of benzene rings is 3. The van der Waals surface area contributed by atoms with Gasteiger partial charge < -0.3 is 23.8 Å². The SMILES string of the molecule is CC(C)(C)OC(=O)N1CCC[C@H]1[C@@]1(c2ccccc2)Cc2c(cc(F)c(Cl)c2-c2c(C#N)cc3c(c2F)Oc2c(cnn(CCF)c2=O)O3)O1. The van der Waals surface area contributed by atoms with Gasteiger partial charge in [-0.2, -0.15) is 10.4 Å². The molecular weight excluding hydrogens is 677 g/mol. The van der Waals surface area contributed by atoms with Gasteiger partial charge >= 0.3 is 11.7 Å². The molecule has 3 aromatic carbocycles. The van der Waals surface area contributed by atoms with Crippen LogP contribution < -0.4 is 19.8 Å². The predicted molar refractivity (Wildman–Crippen MR) is 175 cm³/mol. The van der Waals surface area contributed by atoms with E-state index in [1.54, 1.807) is 25.7 Å². The van der Waals surface area contributed by atoms with E-state index in [4.69, 9.17) is 30.5 Å². The Morgan fingerprint density at radius 3 is 2.58 bits per heavy atom. The molecule has 0 radical (unpaired) electrons. The zero-order chi connectivity index (χ0) is 35.5. The van der Waals surface area contributed by atoms with Crippen molar-refractivity contribution < 1.29 is 36.9 Å². The predicted octanol–water partition coefficient (Wildman–Crippen LogP) is 7.81. The summed E-state index contributed by atoms with van der Waals surface area (Å²) in [6, 6.07) is 12.8. The lowest BCUT2D eigenvalue weighted by Crippen LogP contribution is -2.53. The Morgan fingerprint density at radius 1 is 1.12 bits per heavy atom. The number of aromatic nitrogens is 2. The zero-order valence-electron chi connectivity index (χ0n) is 27.2. The maximum Gasteiger partial charge on any atom is 0.410 e. The summed E-state index contributed by atoms with van der Waals surface area (Å²) in [5.74, 6) is -3.45. The van der Waals surface area contributed by atoms with Crippen molar-refractivity contribution >= 4 is 17.7 Å². The highest BCUT2D eigenvalue weighted by Gasteiger charge is 2.54. The molecule has 0 spiro atoms. The molecule has 258 valence electrons. The number of alkyl halides is 1. The highest BCUT2D eigenvalue weighted by atomic mass is 35.5. The zero-order valence-corrected chi connectivity index (χ0v) is 27.9. The minimum atomic E-state index is -1.28. The second-order valence-corrected chi connectivity index (χ2v) is 13.6. The van der Waals surface area contributed by atoms with Gasteiger partial charge in [-0.3, -0.25) is 4.79 Å². The molecule has 50 heavy (non-hydrogen) atoms. The first-order valence-electron chi connectivity index (χ1n) is 15.9. The lowest BCUT2D eigenvalue weighted by atomic mass is 9.79. The third-order valence-corrected chi connectivity index (χ3v) is 9.31. The highest BCUT2D eigenvalue weighted by Crippen LogP contribution is 2.55. The number of nitriles is 1. The Balaban J connectivity index is 1.39. The van der Waals surface area contributed by atoms with Gasteiger partial charge in [0.25, 0.3) is 0 Å². The van der Waals surface area contributed by atoms with Gasteiger partial charge in [0.1, 0.15) is 29.9 Å². The average molecular weight is 707 g/mol. The molecule has 0 N–H and O–H groups in total. The number of nitrogens with zero attached hydrogens (tertiary/aromatic N) is 4. The first-order valence-corrected chi connectivity index (χ1v) is 16.3. The number of likely N-dealkylation sites (tertiary alicyclic amines) is 1. The minimum Gasteiger partial charge on any atom is -0.480 e. The van der Waals surface area contributed by atoms with E-state index in [0.717, 1.165) is 16.9 Å². The van der Waals surface area contributed by atoms with Crippen LogP contribution in [0.3, 0.4) is 0 Å². The van der Waals surface area contributed by atoms with Crippen molar-refractivity contribution in [1.29, 1.82) is 5.26 Å². The number of carbonyl (C=O) groups excluding carboxylic acids is 1. The summed E-state index contributed by atoms with van der Waals surface area (Å²) >= 11 is 6.65. The van der Waals surface area contributed by atoms with Gasteiger partial charge in [-0.05, 0) is 39.2 Å². The summed E-state index contributed by atoms with van der Waals surface area (Å²) in [5, 5.41) is 13.6. The number of hydrogen-bond acceptors (Lipinski definition) is 8. The van der Waals surface area contributed by atoms with Crippen LogP contribution in [0, 0.1) is 23.0 Å². The Labute approximate surface area is 289 Å². The van der Waals surface area contributed by atoms with E-state index in [9.17, 15) is 19.2 Å². The van der Waals surface area contributed by atoms with Crippen LogP contribution in [0.15, 0.2) is 53.5 Å². The van der Waals surface area contributed by atoms with E-state index < -0.39 is 69.3 Å². The second kappa shape index (κ2) is 12.3. The number of ether oxygens (including phenoxy) is 4. The van der Waals surface area contributed by atoms with Crippen LogP contribution in [0.2, 0.25) is 5.02 Å². The molecule has 0 bridgehead atoms. The van der Waals surface area contributed by atoms with E-state index >= 15 is 8.78 Å². The van der Waals surface area contributed by atoms with Crippen molar-refractivity contribution in [1.82, 2.24) is 14.7 Å². The first kappa shape index (κ1) is 33.3. The molecule has 1 fully saturated rings. The van der Waals surface area contributed by atoms with Gasteiger partial charge in [0.2, 0.25) is 11.5 Å². The van der Waals surface area contributed by atoms with Crippen molar-refractivity contribution in [3.8, 4) is 45.9 Å². The van der Waals surface area contributed by atoms with E-state index in [2.05, 4.69) is 5.10 Å². The molecule has 1 saturated heterocycles. The number of halogens is 4. The summed E-state index contributed by atoms with van der Waals surface area (Å²) in [5.41, 5.74) is -2.78. The van der Waals surface area contributed by atoms with Gasteiger partial charge in [-0.15, -0.1) is 0 Å². The molecule has 10 nitrogen and oxygen atoms in total. The molecule has 1 aromatic heterocycles. The second-order valence-electron chi connectivity index (χ2n) is 13.2. The van der Waals surface area contributed by atoms with E-state index in [-0.39, 0.29) is 41.3 Å². The molecular formula is C36H30ClF3N4O6. The Hall–Kier alpha value is -5.22. The maximum absolute atomic E-state index is 16.9. The molecule has 14 heteroatoms. The molecule has 0 saturated carbocycles. The normalized spacial score (nSPS) is 19.0. The quantitative estimate of drug-likeness (QED) is 0.182. The van der Waals surface area contributed by atoms with Crippen LogP contribution in [-0.2, 0) is 23.3 Å². The molecule has 1 amide bonds. The molecule has 3 aliphatic rings. The summed E-state index contributed by atoms with van der Waals surface area (Å²) in [6.07, 6.45) is 1.74. The van der Waals surface area contributed by atoms with E-state index in [0.29, 0.717) is 30.5 Å². The summed E-state index contributed by atoms with van der Waals surface area (Å²) in [6.45, 7) is 4.43. The summed E-state index contributed by atoms with van der Waals surface area (Å²) < 4.78 is 70.4. The van der Waals surface area contributed by atoms with Gasteiger partial charge in [0, 0.05) is 41.8 Å². The molecule has 3 aliphatic heterocycles. The van der Waals surface area contributed by atoms with Crippen molar-refractivity contribution in [2.24, 2.45) is 0 Å². The van der Waals surface area contributed by atoms with Crippen LogP contribution in [-0.4, -0.2) is 45.6 Å². The number of aryl methyl sites for hydroxylation is 1. The van der Waals surface area contributed by atoms with Crippen LogP contribution in [0.1, 0.15) is 50.3 Å². The Kier molecular flexibility index (Phi) is 8.17. The number of hydrogen-bond donors (Lipinski definition) is 0. The van der Waals surface area contributed by atoms with Crippen LogP contribution in [0.4, 0.5) is 18.0 Å². The van der Waals surface area contributed by atoms with Crippen molar-refractivity contribution in [2.75, 3.05) is 13.2 Å². The Bertz CT molecular complexity index is 2150. The highest BCUT2D eigenvalue weighted by molar-refractivity contribution is 6.34. The number of carbonyl (C=O) groups is 1. The topological polar surface area (TPSA) is 116 Å². The standard InChI is InChI=1S/C36H30ClF3N4O6/c1-35(2,3)50-34(46)43-12-7-10-26(43)36(20-8-5-4-6-9-20)16-21-23(49-36)15-22(39)29(37)28(21)27-19(17-41)14-24-31(30(27)40)48-32-25(47-24)18-42-44(13-11-38)33(32)45/h4-6,8-9,14-15,18,26H,7,10-13,16H2,1-3H3/t26-,36-/m0/s1. The van der Waals surface area contributed by atoms with E-state index in [1.807, 2.05) is 36.4 Å². The van der Waals surface area contributed by atoms with Crippen LogP contribution in [0.5, 0.6) is 28.7 Å². The third kappa shape index (κ3) is 5.38. The van der Waals surface area contributed by atoms with Crippen LogP contribution >= 0.6 is 11.6 Å². The fraction of sp³-hybridized carbons (Fsp3) is 0.333. The largest absolute Gasteiger partial charge is 0.480 e. The molecule has 4 heterocycles. The lowest BCUT2D eigenvalue weighted by molar-refractivity contribution is -0.0216. The number of rotatable bonds is 5. The van der Waals surface area contributed by atoms with E-state index in [1.165, 1.54) is 6.07 Å².